The number of primary amides is 1. The monoisotopic (exact) mass is 418 g/mol. The van der Waals surface area contributed by atoms with Crippen molar-refractivity contribution in [3.05, 3.63) is 71.5 Å². The summed E-state index contributed by atoms with van der Waals surface area (Å²) < 4.78 is 37.9. The van der Waals surface area contributed by atoms with E-state index in [9.17, 15) is 27.9 Å². The highest BCUT2D eigenvalue weighted by Gasteiger charge is 2.31. The third-order valence-electron chi connectivity index (χ3n) is 4.37. The fourth-order valence-electron chi connectivity index (χ4n) is 2.78. The highest BCUT2D eigenvalue weighted by Crippen LogP contribution is 2.30. The summed E-state index contributed by atoms with van der Waals surface area (Å²) in [5, 5.41) is 12.5. The lowest BCUT2D eigenvalue weighted by Gasteiger charge is -2.18. The van der Waals surface area contributed by atoms with Gasteiger partial charge in [-0.1, -0.05) is 24.3 Å². The quantitative estimate of drug-likeness (QED) is 0.565. The van der Waals surface area contributed by atoms with E-state index in [1.54, 1.807) is 24.3 Å². The number of aliphatic hydroxyl groups excluding tert-OH is 1. The molecule has 0 bridgehead atoms. The third-order valence-corrected chi connectivity index (χ3v) is 4.37. The highest BCUT2D eigenvalue weighted by atomic mass is 19.4. The van der Waals surface area contributed by atoms with Crippen molar-refractivity contribution < 1.29 is 27.9 Å². The lowest BCUT2D eigenvalue weighted by molar-refractivity contribution is -0.137. The number of alkyl halides is 3. The zero-order chi connectivity index (χ0) is 21.9. The average molecular weight is 418 g/mol. The van der Waals surface area contributed by atoms with Gasteiger partial charge in [0.25, 0.3) is 5.91 Å². The number of aromatic nitrogens is 2. The molecule has 0 aliphatic carbocycles. The Hall–Kier alpha value is -3.53. The summed E-state index contributed by atoms with van der Waals surface area (Å²) in [5.74, 6) is -1.84. The first-order chi connectivity index (χ1) is 14.1. The molecule has 0 aliphatic rings. The Bertz CT molecular complexity index is 1070. The van der Waals surface area contributed by atoms with Crippen LogP contribution in [0.15, 0.2) is 54.7 Å². The number of nitrogens with one attached hydrogen (secondary N) is 1. The first-order valence-corrected chi connectivity index (χ1v) is 8.80. The number of halogens is 3. The number of para-hydroxylation sites is 2. The zero-order valence-electron chi connectivity index (χ0n) is 15.4. The maximum Gasteiger partial charge on any atom is 0.416 e. The molecule has 7 nitrogen and oxygen atoms in total. The number of hydrogen-bond donors (Lipinski definition) is 3. The number of nitrogens with zero attached hydrogens (tertiary/aromatic N) is 2. The van der Waals surface area contributed by atoms with Crippen LogP contribution in [-0.2, 0) is 22.2 Å². The van der Waals surface area contributed by atoms with Crippen LogP contribution in [0.25, 0.3) is 11.0 Å². The SMILES string of the molecule is NC(=O)[C@@H](Cc1cnc2ccccc2n1)NC(=O)[C@@H](O)c1ccc(C(F)(F)F)cc1. The van der Waals surface area contributed by atoms with Gasteiger partial charge >= 0.3 is 6.18 Å². The molecule has 0 radical (unpaired) electrons. The number of nitrogens with two attached hydrogens (primary N) is 1. The number of amides is 2. The molecule has 3 rings (SSSR count). The Kier molecular flexibility index (Phi) is 5.97. The largest absolute Gasteiger partial charge is 0.416 e. The molecule has 1 heterocycles. The first kappa shape index (κ1) is 21.2. The molecule has 4 N–H and O–H groups in total. The molecule has 0 aliphatic heterocycles. The number of fused-ring (bicyclic) bond motifs is 1. The highest BCUT2D eigenvalue weighted by molar-refractivity contribution is 5.89. The van der Waals surface area contributed by atoms with Crippen LogP contribution in [0.5, 0.6) is 0 Å². The molecule has 10 heteroatoms. The molecule has 2 atom stereocenters. The van der Waals surface area contributed by atoms with Gasteiger partial charge in [-0.05, 0) is 29.8 Å². The van der Waals surface area contributed by atoms with Crippen molar-refractivity contribution in [2.24, 2.45) is 5.73 Å². The summed E-state index contributed by atoms with van der Waals surface area (Å²) in [7, 11) is 0. The van der Waals surface area contributed by atoms with Crippen molar-refractivity contribution in [1.82, 2.24) is 15.3 Å². The number of aliphatic hydroxyl groups is 1. The standard InChI is InChI=1S/C20H17F3N4O3/c21-20(22,23)12-7-5-11(6-8-12)17(28)19(30)27-16(18(24)29)9-13-10-25-14-3-1-2-4-15(14)26-13/h1-8,10,16-17,28H,9H2,(H2,24,29)(H,27,30)/t16-,17+/m1/s1. The average Bonchev–Trinajstić information content (AvgIpc) is 2.72. The number of rotatable bonds is 6. The third kappa shape index (κ3) is 4.90. The van der Waals surface area contributed by atoms with Crippen molar-refractivity contribution in [3.8, 4) is 0 Å². The van der Waals surface area contributed by atoms with Crippen molar-refractivity contribution in [3.63, 3.8) is 0 Å². The molecule has 0 spiro atoms. The number of hydrogen-bond acceptors (Lipinski definition) is 5. The van der Waals surface area contributed by atoms with Gasteiger partial charge in [0, 0.05) is 12.6 Å². The van der Waals surface area contributed by atoms with Gasteiger partial charge in [0.15, 0.2) is 6.10 Å². The molecule has 3 aromatic rings. The second-order valence-electron chi connectivity index (χ2n) is 6.54. The van der Waals surface area contributed by atoms with E-state index in [4.69, 9.17) is 5.73 Å². The molecule has 0 saturated heterocycles. The summed E-state index contributed by atoms with van der Waals surface area (Å²) in [4.78, 5) is 32.6. The second-order valence-corrected chi connectivity index (χ2v) is 6.54. The van der Waals surface area contributed by atoms with Gasteiger partial charge in [-0.25, -0.2) is 4.98 Å². The van der Waals surface area contributed by atoms with E-state index in [1.807, 2.05) is 0 Å². The van der Waals surface area contributed by atoms with Crippen molar-refractivity contribution in [1.29, 1.82) is 0 Å². The fourth-order valence-corrected chi connectivity index (χ4v) is 2.78. The molecule has 0 fully saturated rings. The fraction of sp³-hybridized carbons (Fsp3) is 0.200. The maximum absolute atomic E-state index is 12.6. The van der Waals surface area contributed by atoms with E-state index in [2.05, 4.69) is 15.3 Å². The molecule has 156 valence electrons. The lowest BCUT2D eigenvalue weighted by Crippen LogP contribution is -2.47. The molecule has 1 aromatic heterocycles. The predicted octanol–water partition coefficient (Wildman–Crippen LogP) is 1.89. The minimum absolute atomic E-state index is 0.0609. The molecule has 30 heavy (non-hydrogen) atoms. The minimum Gasteiger partial charge on any atom is -0.378 e. The van der Waals surface area contributed by atoms with Crippen LogP contribution in [0.1, 0.15) is 22.9 Å². The Labute approximate surface area is 168 Å². The van der Waals surface area contributed by atoms with Crippen LogP contribution in [0, 0.1) is 0 Å². The Morgan fingerprint density at radius 1 is 1.07 bits per heavy atom. The lowest BCUT2D eigenvalue weighted by atomic mass is 10.0. The Morgan fingerprint density at radius 2 is 1.70 bits per heavy atom. The number of carbonyl (C=O) groups excluding carboxylic acids is 2. The van der Waals surface area contributed by atoms with Crippen LogP contribution >= 0.6 is 0 Å². The van der Waals surface area contributed by atoms with E-state index >= 15 is 0 Å². The zero-order valence-corrected chi connectivity index (χ0v) is 15.4. The summed E-state index contributed by atoms with van der Waals surface area (Å²) in [6.07, 6.45) is -4.95. The molecular formula is C20H17F3N4O3. The van der Waals surface area contributed by atoms with Gasteiger partial charge in [0.2, 0.25) is 5.91 Å². The summed E-state index contributed by atoms with van der Waals surface area (Å²) in [6.45, 7) is 0. The van der Waals surface area contributed by atoms with Gasteiger partial charge in [-0.15, -0.1) is 0 Å². The van der Waals surface area contributed by atoms with Gasteiger partial charge in [-0.2, -0.15) is 13.2 Å². The molecule has 2 aromatic carbocycles. The number of benzene rings is 2. The van der Waals surface area contributed by atoms with Crippen LogP contribution in [0.3, 0.4) is 0 Å². The topological polar surface area (TPSA) is 118 Å². The molecule has 0 saturated carbocycles. The maximum atomic E-state index is 12.6. The summed E-state index contributed by atoms with van der Waals surface area (Å²) >= 11 is 0. The van der Waals surface area contributed by atoms with E-state index in [-0.39, 0.29) is 12.0 Å². The van der Waals surface area contributed by atoms with E-state index in [0.717, 1.165) is 24.3 Å². The van der Waals surface area contributed by atoms with Crippen molar-refractivity contribution >= 4 is 22.8 Å². The predicted molar refractivity (Wildman–Crippen MR) is 101 cm³/mol. The van der Waals surface area contributed by atoms with E-state index in [1.165, 1.54) is 6.20 Å². The summed E-state index contributed by atoms with van der Waals surface area (Å²) in [6, 6.07) is 9.35. The van der Waals surface area contributed by atoms with Gasteiger partial charge < -0.3 is 16.2 Å². The van der Waals surface area contributed by atoms with Crippen LogP contribution in [0.4, 0.5) is 13.2 Å². The van der Waals surface area contributed by atoms with Crippen LogP contribution < -0.4 is 11.1 Å². The van der Waals surface area contributed by atoms with Crippen LogP contribution in [-0.4, -0.2) is 32.9 Å². The smallest absolute Gasteiger partial charge is 0.378 e. The Balaban J connectivity index is 1.72. The molecule has 2 amide bonds. The van der Waals surface area contributed by atoms with E-state index < -0.39 is 35.7 Å². The molecule has 0 unspecified atom stereocenters. The minimum atomic E-state index is -4.54. The first-order valence-electron chi connectivity index (χ1n) is 8.80. The number of carbonyl (C=O) groups is 2. The summed E-state index contributed by atoms with van der Waals surface area (Å²) in [5.41, 5.74) is 6.00. The molecular weight excluding hydrogens is 401 g/mol. The van der Waals surface area contributed by atoms with Crippen molar-refractivity contribution in [2.75, 3.05) is 0 Å². The van der Waals surface area contributed by atoms with Crippen molar-refractivity contribution in [2.45, 2.75) is 24.7 Å². The van der Waals surface area contributed by atoms with Crippen LogP contribution in [0.2, 0.25) is 0 Å². The normalized spacial score (nSPS) is 13.6. The van der Waals surface area contributed by atoms with Gasteiger partial charge in [0.05, 0.1) is 22.3 Å². The van der Waals surface area contributed by atoms with Gasteiger partial charge in [0.1, 0.15) is 6.04 Å². The van der Waals surface area contributed by atoms with E-state index in [0.29, 0.717) is 16.7 Å². The second kappa shape index (κ2) is 8.46. The van der Waals surface area contributed by atoms with Gasteiger partial charge in [-0.3, -0.25) is 14.6 Å². The Morgan fingerprint density at radius 3 is 2.30 bits per heavy atom.